The fourth-order valence-corrected chi connectivity index (χ4v) is 4.29. The van der Waals surface area contributed by atoms with Crippen LogP contribution in [0.2, 0.25) is 0 Å². The third-order valence-electron chi connectivity index (χ3n) is 5.23. The summed E-state index contributed by atoms with van der Waals surface area (Å²) in [6.07, 6.45) is 5.92. The summed E-state index contributed by atoms with van der Waals surface area (Å²) in [7, 11) is 0. The molecule has 33 heavy (non-hydrogen) atoms. The third-order valence-corrected chi connectivity index (χ3v) is 6.00. The number of carboxylic acids is 1. The number of anilines is 2. The van der Waals surface area contributed by atoms with Gasteiger partial charge in [0.15, 0.2) is 22.4 Å². The Kier molecular flexibility index (Phi) is 4.89. The second-order valence-corrected chi connectivity index (χ2v) is 8.35. The monoisotopic (exact) mass is 469 g/mol. The minimum Gasteiger partial charge on any atom is -0.477 e. The van der Waals surface area contributed by atoms with Gasteiger partial charge in [-0.05, 0) is 6.07 Å². The molecule has 13 heteroatoms. The van der Waals surface area contributed by atoms with Crippen molar-refractivity contribution in [2.45, 2.75) is 13.0 Å². The van der Waals surface area contributed by atoms with Crippen molar-refractivity contribution in [2.75, 3.05) is 23.3 Å². The normalized spacial score (nSPS) is 13.8. The van der Waals surface area contributed by atoms with Crippen molar-refractivity contribution < 1.29 is 19.1 Å². The molecule has 4 aromatic rings. The molecule has 0 saturated carbocycles. The number of pyridine rings is 2. The zero-order valence-electron chi connectivity index (χ0n) is 17.1. The fraction of sp³-hybridized carbons (Fsp3) is 0.200. The lowest BCUT2D eigenvalue weighted by atomic mass is 10.1. The molecule has 0 aromatic carbocycles. The molecular formula is C20H16FN7O4S. The molecule has 0 aliphatic carbocycles. The van der Waals surface area contributed by atoms with E-state index in [-0.39, 0.29) is 28.8 Å². The molecule has 2 N–H and O–H groups in total. The van der Waals surface area contributed by atoms with Gasteiger partial charge < -0.3 is 15.3 Å². The van der Waals surface area contributed by atoms with Crippen molar-refractivity contribution in [1.29, 1.82) is 0 Å². The number of carbonyl (C=O) groups is 2. The molecule has 5 heterocycles. The number of halogens is 1. The second-order valence-electron chi connectivity index (χ2n) is 7.48. The molecule has 0 bridgehead atoms. The van der Waals surface area contributed by atoms with Crippen molar-refractivity contribution in [3.05, 3.63) is 57.8 Å². The predicted octanol–water partition coefficient (Wildman–Crippen LogP) is 1.90. The van der Waals surface area contributed by atoms with E-state index in [1.165, 1.54) is 35.2 Å². The molecule has 1 fully saturated rings. The first kappa shape index (κ1) is 20.8. The highest BCUT2D eigenvalue weighted by molar-refractivity contribution is 7.12. The molecule has 168 valence electrons. The van der Waals surface area contributed by atoms with Gasteiger partial charge in [-0.1, -0.05) is 0 Å². The van der Waals surface area contributed by atoms with Crippen LogP contribution in [0.15, 0.2) is 41.0 Å². The zero-order chi connectivity index (χ0) is 23.3. The number of nitrogens with zero attached hydrogens (tertiary/aromatic N) is 6. The van der Waals surface area contributed by atoms with Crippen LogP contribution in [0.5, 0.6) is 0 Å². The lowest BCUT2D eigenvalue weighted by molar-refractivity contribution is -0.114. The average molecular weight is 469 g/mol. The Balaban J connectivity index is 1.51. The first-order valence-electron chi connectivity index (χ1n) is 9.77. The number of hydrogen-bond acceptors (Lipinski definition) is 8. The number of amides is 1. The van der Waals surface area contributed by atoms with E-state index in [1.807, 2.05) is 0 Å². The zero-order valence-corrected chi connectivity index (χ0v) is 17.9. The number of rotatable bonds is 5. The maximum atomic E-state index is 15.0. The van der Waals surface area contributed by atoms with Crippen LogP contribution in [0.1, 0.15) is 23.3 Å². The standard InChI is InChI=1S/C20H16FN7O4S/c1-10(29)24-11-5-23-28(6-11)12-7-26(8-12)18-15(21)4-13-16(30)14(19(31)32)9-27(17(13)25-18)20-22-2-3-33-20/h2-6,9,12H,7-8H2,1H3,(H,24,29)(H,31,32). The van der Waals surface area contributed by atoms with Gasteiger partial charge in [-0.3, -0.25) is 18.8 Å². The smallest absolute Gasteiger partial charge is 0.341 e. The summed E-state index contributed by atoms with van der Waals surface area (Å²) in [6.45, 7) is 2.22. The van der Waals surface area contributed by atoms with Crippen LogP contribution in [-0.2, 0) is 4.79 Å². The van der Waals surface area contributed by atoms with E-state index in [9.17, 15) is 23.9 Å². The van der Waals surface area contributed by atoms with Gasteiger partial charge in [0, 0.05) is 44.0 Å². The van der Waals surface area contributed by atoms with E-state index < -0.39 is 22.8 Å². The van der Waals surface area contributed by atoms with Crippen LogP contribution in [0.4, 0.5) is 15.9 Å². The van der Waals surface area contributed by atoms with E-state index in [0.29, 0.717) is 23.9 Å². The SMILES string of the molecule is CC(=O)Nc1cnn(C2CN(c3nc4c(cc3F)c(=O)c(C(=O)O)cn4-c3nccs3)C2)c1. The Hall–Kier alpha value is -4.13. The van der Waals surface area contributed by atoms with E-state index in [4.69, 9.17) is 0 Å². The lowest BCUT2D eigenvalue weighted by Crippen LogP contribution is -2.48. The van der Waals surface area contributed by atoms with Gasteiger partial charge in [0.05, 0.1) is 23.3 Å². The first-order chi connectivity index (χ1) is 15.8. The van der Waals surface area contributed by atoms with Crippen LogP contribution in [0.25, 0.3) is 16.2 Å². The van der Waals surface area contributed by atoms with Crippen LogP contribution in [-0.4, -0.2) is 54.4 Å². The fourth-order valence-electron chi connectivity index (χ4n) is 3.67. The minimum atomic E-state index is -1.42. The van der Waals surface area contributed by atoms with Gasteiger partial charge in [0.25, 0.3) is 0 Å². The van der Waals surface area contributed by atoms with Crippen LogP contribution >= 0.6 is 11.3 Å². The quantitative estimate of drug-likeness (QED) is 0.452. The van der Waals surface area contributed by atoms with E-state index in [0.717, 1.165) is 12.3 Å². The predicted molar refractivity (Wildman–Crippen MR) is 118 cm³/mol. The van der Waals surface area contributed by atoms with Gasteiger partial charge in [-0.15, -0.1) is 11.3 Å². The van der Waals surface area contributed by atoms with Crippen molar-refractivity contribution in [3.8, 4) is 5.13 Å². The molecule has 11 nitrogen and oxygen atoms in total. The van der Waals surface area contributed by atoms with Gasteiger partial charge in [-0.2, -0.15) is 5.10 Å². The molecule has 0 unspecified atom stereocenters. The molecule has 1 saturated heterocycles. The average Bonchev–Trinajstić information content (AvgIpc) is 3.40. The maximum Gasteiger partial charge on any atom is 0.341 e. The lowest BCUT2D eigenvalue weighted by Gasteiger charge is -2.40. The van der Waals surface area contributed by atoms with Crippen molar-refractivity contribution in [1.82, 2.24) is 24.3 Å². The summed E-state index contributed by atoms with van der Waals surface area (Å²) in [4.78, 5) is 45.6. The number of fused-ring (bicyclic) bond motifs is 1. The van der Waals surface area contributed by atoms with E-state index >= 15 is 0 Å². The van der Waals surface area contributed by atoms with Gasteiger partial charge in [0.1, 0.15) is 5.56 Å². The third kappa shape index (κ3) is 3.61. The Labute approximate surface area is 188 Å². The van der Waals surface area contributed by atoms with Gasteiger partial charge >= 0.3 is 5.97 Å². The van der Waals surface area contributed by atoms with Crippen LogP contribution in [0.3, 0.4) is 0 Å². The Morgan fingerprint density at radius 2 is 2.09 bits per heavy atom. The van der Waals surface area contributed by atoms with Crippen molar-refractivity contribution in [3.63, 3.8) is 0 Å². The first-order valence-corrected chi connectivity index (χ1v) is 10.7. The summed E-state index contributed by atoms with van der Waals surface area (Å²) in [5.41, 5.74) is -0.624. The van der Waals surface area contributed by atoms with Gasteiger partial charge in [0.2, 0.25) is 11.3 Å². The largest absolute Gasteiger partial charge is 0.477 e. The highest BCUT2D eigenvalue weighted by Gasteiger charge is 2.32. The van der Waals surface area contributed by atoms with E-state index in [1.54, 1.807) is 21.2 Å². The summed E-state index contributed by atoms with van der Waals surface area (Å²) in [6, 6.07) is 0.965. The second kappa shape index (κ2) is 7.78. The summed E-state index contributed by atoms with van der Waals surface area (Å²) in [5, 5.41) is 18.2. The molecule has 1 aliphatic rings. The number of carbonyl (C=O) groups excluding carboxylic acids is 1. The van der Waals surface area contributed by atoms with Crippen LogP contribution < -0.4 is 15.6 Å². The molecule has 1 aliphatic heterocycles. The van der Waals surface area contributed by atoms with Crippen LogP contribution in [0, 0.1) is 5.82 Å². The highest BCUT2D eigenvalue weighted by Crippen LogP contribution is 2.31. The molecule has 0 atom stereocenters. The maximum absolute atomic E-state index is 15.0. The number of thiazole rings is 1. The summed E-state index contributed by atoms with van der Waals surface area (Å²) in [5.74, 6) is -2.31. The van der Waals surface area contributed by atoms with Gasteiger partial charge in [-0.25, -0.2) is 19.2 Å². The number of aromatic nitrogens is 5. The summed E-state index contributed by atoms with van der Waals surface area (Å²) < 4.78 is 18.0. The molecule has 0 spiro atoms. The molecule has 5 rings (SSSR count). The Morgan fingerprint density at radius 3 is 2.76 bits per heavy atom. The molecule has 0 radical (unpaired) electrons. The summed E-state index contributed by atoms with van der Waals surface area (Å²) >= 11 is 1.23. The topological polar surface area (TPSA) is 135 Å². The number of nitrogens with one attached hydrogen (secondary N) is 1. The highest BCUT2D eigenvalue weighted by atomic mass is 32.1. The number of aromatic carboxylic acids is 1. The number of hydrogen-bond donors (Lipinski definition) is 2. The van der Waals surface area contributed by atoms with Crippen molar-refractivity contribution >= 4 is 45.8 Å². The van der Waals surface area contributed by atoms with Crippen molar-refractivity contribution in [2.24, 2.45) is 0 Å². The minimum absolute atomic E-state index is 0.0424. The Bertz CT molecular complexity index is 1460. The molecule has 1 amide bonds. The van der Waals surface area contributed by atoms with E-state index in [2.05, 4.69) is 20.4 Å². The number of carboxylic acid groups (broad SMARTS) is 1. The Morgan fingerprint density at radius 1 is 1.30 bits per heavy atom. The molecular weight excluding hydrogens is 453 g/mol. The molecule has 4 aromatic heterocycles.